The number of likely N-dealkylation sites (N-methyl/N-ethyl adjacent to an activating group) is 1. The summed E-state index contributed by atoms with van der Waals surface area (Å²) in [5.41, 5.74) is 0. The van der Waals surface area contributed by atoms with Crippen LogP contribution in [0.5, 0.6) is 0 Å². The molecule has 1 unspecified atom stereocenters. The molecule has 3 nitrogen and oxygen atoms in total. The number of unbranched alkanes of at least 4 members (excludes halogenated alkanes) is 10. The van der Waals surface area contributed by atoms with Crippen molar-refractivity contribution in [1.29, 1.82) is 0 Å². The second kappa shape index (κ2) is 24.6. The van der Waals surface area contributed by atoms with Gasteiger partial charge in [-0.1, -0.05) is 83.1 Å². The lowest BCUT2D eigenvalue weighted by atomic mass is 10.1. The fourth-order valence-corrected chi connectivity index (χ4v) is 3.22. The van der Waals surface area contributed by atoms with Crippen molar-refractivity contribution in [3.05, 3.63) is 24.3 Å². The van der Waals surface area contributed by atoms with Gasteiger partial charge in [-0.15, -0.1) is 0 Å². The maximum Gasteiger partial charge on any atom is 0.0644 e. The number of nitrogens with zero attached hydrogens (tertiary/aromatic N) is 1. The third-order valence-corrected chi connectivity index (χ3v) is 5.48. The molecule has 1 atom stereocenters. The average Bonchev–Trinajstić information content (AvgIpc) is 2.74. The van der Waals surface area contributed by atoms with Gasteiger partial charge < -0.3 is 14.4 Å². The molecule has 0 aliphatic carbocycles. The Morgan fingerprint density at radius 2 is 1.10 bits per heavy atom. The van der Waals surface area contributed by atoms with Crippen LogP contribution in [-0.4, -0.2) is 51.5 Å². The van der Waals surface area contributed by atoms with Crippen molar-refractivity contribution in [3.63, 3.8) is 0 Å². The molecule has 0 radical (unpaired) electrons. The Bertz CT molecular complexity index is 379. The fourth-order valence-electron chi connectivity index (χ4n) is 3.22. The summed E-state index contributed by atoms with van der Waals surface area (Å²) in [6.07, 6.45) is 27.1. The van der Waals surface area contributed by atoms with Crippen LogP contribution in [0.1, 0.15) is 104 Å². The maximum absolute atomic E-state index is 5.90. The highest BCUT2D eigenvalue weighted by Crippen LogP contribution is 2.08. The molecule has 0 heterocycles. The van der Waals surface area contributed by atoms with Gasteiger partial charge in [-0.05, 0) is 59.0 Å². The molecule has 0 saturated carbocycles. The molecule has 0 spiro atoms. The van der Waals surface area contributed by atoms with Crippen LogP contribution >= 0.6 is 0 Å². The van der Waals surface area contributed by atoms with Gasteiger partial charge in [0.25, 0.3) is 0 Å². The van der Waals surface area contributed by atoms with E-state index in [1.165, 1.54) is 77.0 Å². The van der Waals surface area contributed by atoms with Gasteiger partial charge in [0.2, 0.25) is 0 Å². The van der Waals surface area contributed by atoms with E-state index in [9.17, 15) is 0 Å². The third kappa shape index (κ3) is 22.1. The van der Waals surface area contributed by atoms with Crippen molar-refractivity contribution in [2.24, 2.45) is 0 Å². The summed E-state index contributed by atoms with van der Waals surface area (Å²) in [4.78, 5) is 2.21. The van der Waals surface area contributed by atoms with Crippen LogP contribution < -0.4 is 0 Å². The van der Waals surface area contributed by atoms with Crippen molar-refractivity contribution in [2.75, 3.05) is 40.5 Å². The summed E-state index contributed by atoms with van der Waals surface area (Å²) in [7, 11) is 4.22. The van der Waals surface area contributed by atoms with Crippen molar-refractivity contribution in [1.82, 2.24) is 4.90 Å². The van der Waals surface area contributed by atoms with Crippen molar-refractivity contribution in [2.45, 2.75) is 110 Å². The summed E-state index contributed by atoms with van der Waals surface area (Å²) in [5, 5.41) is 0. The van der Waals surface area contributed by atoms with Gasteiger partial charge in [-0.2, -0.15) is 0 Å². The van der Waals surface area contributed by atoms with Gasteiger partial charge in [0.1, 0.15) is 0 Å². The van der Waals surface area contributed by atoms with Crippen LogP contribution in [0.2, 0.25) is 0 Å². The molecular formula is C27H53NO2. The predicted octanol–water partition coefficient (Wildman–Crippen LogP) is 7.56. The van der Waals surface area contributed by atoms with Gasteiger partial charge in [0, 0.05) is 13.2 Å². The van der Waals surface area contributed by atoms with Gasteiger partial charge in [-0.25, -0.2) is 0 Å². The van der Waals surface area contributed by atoms with E-state index in [0.717, 1.165) is 39.3 Å². The number of allylic oxidation sites excluding steroid dienone is 4. The van der Waals surface area contributed by atoms with E-state index in [2.05, 4.69) is 57.1 Å². The molecule has 0 aromatic carbocycles. The Morgan fingerprint density at radius 1 is 0.600 bits per heavy atom. The summed E-state index contributed by atoms with van der Waals surface area (Å²) in [6, 6.07) is 0.367. The molecule has 0 aromatic heterocycles. The molecule has 0 amide bonds. The zero-order valence-corrected chi connectivity index (χ0v) is 20.9. The standard InChI is InChI=1S/C27H53NO2/c1-5-7-9-10-11-12-13-14-15-16-17-18-19-20-21-22-24-30-26-27(28(3)4)25-29-23-8-6-2/h11-12,14-15,27H,5-10,13,16-26H2,1-4H3/b12-11-,15-14-. The van der Waals surface area contributed by atoms with Crippen LogP contribution in [0, 0.1) is 0 Å². The van der Waals surface area contributed by atoms with E-state index in [4.69, 9.17) is 9.47 Å². The molecule has 0 bridgehead atoms. The van der Waals surface area contributed by atoms with Crippen molar-refractivity contribution in [3.8, 4) is 0 Å². The van der Waals surface area contributed by atoms with E-state index < -0.39 is 0 Å². The second-order valence-electron chi connectivity index (χ2n) is 8.71. The minimum atomic E-state index is 0.367. The highest BCUT2D eigenvalue weighted by Gasteiger charge is 2.11. The number of rotatable bonds is 23. The summed E-state index contributed by atoms with van der Waals surface area (Å²) < 4.78 is 11.7. The molecular weight excluding hydrogens is 370 g/mol. The quantitative estimate of drug-likeness (QED) is 0.125. The lowest BCUT2D eigenvalue weighted by Gasteiger charge is -2.24. The van der Waals surface area contributed by atoms with Crippen molar-refractivity contribution < 1.29 is 9.47 Å². The first-order valence-electron chi connectivity index (χ1n) is 12.8. The van der Waals surface area contributed by atoms with E-state index in [1.807, 2.05) is 0 Å². The third-order valence-electron chi connectivity index (χ3n) is 5.48. The largest absolute Gasteiger partial charge is 0.380 e. The van der Waals surface area contributed by atoms with E-state index >= 15 is 0 Å². The lowest BCUT2D eigenvalue weighted by Crippen LogP contribution is -2.37. The first kappa shape index (κ1) is 29.4. The van der Waals surface area contributed by atoms with Crippen LogP contribution in [0.15, 0.2) is 24.3 Å². The average molecular weight is 424 g/mol. The Kier molecular flexibility index (Phi) is 24.1. The molecule has 0 N–H and O–H groups in total. The molecule has 30 heavy (non-hydrogen) atoms. The zero-order valence-electron chi connectivity index (χ0n) is 20.9. The highest BCUT2D eigenvalue weighted by molar-refractivity contribution is 4.92. The second-order valence-corrected chi connectivity index (χ2v) is 8.71. The summed E-state index contributed by atoms with van der Waals surface area (Å²) in [6.45, 7) is 7.76. The predicted molar refractivity (Wildman–Crippen MR) is 133 cm³/mol. The first-order valence-corrected chi connectivity index (χ1v) is 12.8. The molecule has 0 aliphatic rings. The number of ether oxygens (including phenoxy) is 2. The Balaban J connectivity index is 3.39. The summed E-state index contributed by atoms with van der Waals surface area (Å²) >= 11 is 0. The van der Waals surface area contributed by atoms with E-state index in [1.54, 1.807) is 0 Å². The summed E-state index contributed by atoms with van der Waals surface area (Å²) in [5.74, 6) is 0. The molecule has 178 valence electrons. The molecule has 0 aromatic rings. The fraction of sp³-hybridized carbons (Fsp3) is 0.852. The lowest BCUT2D eigenvalue weighted by molar-refractivity contribution is 0.0200. The van der Waals surface area contributed by atoms with Crippen molar-refractivity contribution >= 4 is 0 Å². The SMILES string of the molecule is CCCCC/C=C\C/C=C\CCCCCCCCOCC(COCCCC)N(C)C. The first-order chi connectivity index (χ1) is 14.7. The van der Waals surface area contributed by atoms with Crippen LogP contribution in [0.25, 0.3) is 0 Å². The molecule has 0 saturated heterocycles. The van der Waals surface area contributed by atoms with Crippen LogP contribution in [-0.2, 0) is 9.47 Å². The normalized spacial score (nSPS) is 13.2. The van der Waals surface area contributed by atoms with Gasteiger partial charge in [-0.3, -0.25) is 0 Å². The Labute approximate surface area is 189 Å². The Morgan fingerprint density at radius 3 is 1.67 bits per heavy atom. The Hall–Kier alpha value is -0.640. The molecule has 0 aliphatic heterocycles. The smallest absolute Gasteiger partial charge is 0.0644 e. The maximum atomic E-state index is 5.90. The van der Waals surface area contributed by atoms with Gasteiger partial charge >= 0.3 is 0 Å². The van der Waals surface area contributed by atoms with Crippen LogP contribution in [0.4, 0.5) is 0 Å². The van der Waals surface area contributed by atoms with E-state index in [0.29, 0.717) is 6.04 Å². The number of hydrogen-bond donors (Lipinski definition) is 0. The van der Waals surface area contributed by atoms with E-state index in [-0.39, 0.29) is 0 Å². The minimum absolute atomic E-state index is 0.367. The highest BCUT2D eigenvalue weighted by atomic mass is 16.5. The molecule has 3 heteroatoms. The number of hydrogen-bond acceptors (Lipinski definition) is 3. The van der Waals surface area contributed by atoms with Gasteiger partial charge in [0.15, 0.2) is 0 Å². The van der Waals surface area contributed by atoms with Crippen LogP contribution in [0.3, 0.4) is 0 Å². The zero-order chi connectivity index (χ0) is 22.1. The minimum Gasteiger partial charge on any atom is -0.380 e. The topological polar surface area (TPSA) is 21.7 Å². The molecule has 0 rings (SSSR count). The van der Waals surface area contributed by atoms with Gasteiger partial charge in [0.05, 0.1) is 19.3 Å². The monoisotopic (exact) mass is 423 g/mol. The molecule has 0 fully saturated rings.